The van der Waals surface area contributed by atoms with Gasteiger partial charge >= 0.3 is 0 Å². The molecule has 2 atom stereocenters. The molecule has 0 aliphatic rings. The Balaban J connectivity index is 2.07. The van der Waals surface area contributed by atoms with Crippen molar-refractivity contribution in [1.82, 2.24) is 0 Å². The van der Waals surface area contributed by atoms with Gasteiger partial charge in [0, 0.05) is 0 Å². The van der Waals surface area contributed by atoms with Gasteiger partial charge in [0.1, 0.15) is 22.1 Å². The maximum absolute atomic E-state index is 15.0. The van der Waals surface area contributed by atoms with E-state index in [0.717, 1.165) is 48.5 Å². The lowest BCUT2D eigenvalue weighted by atomic mass is 10.1. The zero-order valence-corrected chi connectivity index (χ0v) is 22.7. The molecule has 4 aromatic rings. The van der Waals surface area contributed by atoms with Crippen LogP contribution in [0.5, 0.6) is 0 Å². The minimum absolute atomic E-state index is 0.116. The second-order valence-electron chi connectivity index (χ2n) is 9.22. The molecular weight excluding hydrogens is 652 g/mol. The first-order chi connectivity index (χ1) is 21.1. The molecule has 2 nitrogen and oxygen atoms in total. The van der Waals surface area contributed by atoms with Crippen molar-refractivity contribution in [2.75, 3.05) is 0 Å². The third-order valence-corrected chi connectivity index (χ3v) is 8.63. The predicted molar refractivity (Wildman–Crippen MR) is 138 cm³/mol. The van der Waals surface area contributed by atoms with Gasteiger partial charge < -0.3 is 0 Å². The van der Waals surface area contributed by atoms with E-state index in [1.807, 2.05) is 0 Å². The van der Waals surface area contributed by atoms with E-state index in [9.17, 15) is 43.5 Å². The first-order valence-corrected chi connectivity index (χ1v) is 13.8. The molecule has 2 unspecified atom stereocenters. The molecule has 4 rings (SSSR count). The SMILES string of the molecule is O=S(=O)(C(C=Cc1ccc(F)cc1)c1c(F)c(F)c(F)c(F)c1F)C(C=Cc1ccc(F)cc1)c1c(F)c(F)c(F)c(F)c1F. The van der Waals surface area contributed by atoms with Crippen molar-refractivity contribution in [1.29, 1.82) is 0 Å². The number of hydrogen-bond donors (Lipinski definition) is 0. The van der Waals surface area contributed by atoms with Crippen LogP contribution >= 0.6 is 0 Å². The van der Waals surface area contributed by atoms with E-state index in [0.29, 0.717) is 24.3 Å². The maximum Gasteiger partial charge on any atom is 0.200 e. The van der Waals surface area contributed by atoms with Gasteiger partial charge in [-0.2, -0.15) is 0 Å². The number of halogens is 12. The fourth-order valence-corrected chi connectivity index (χ4v) is 6.17. The first-order valence-electron chi connectivity index (χ1n) is 12.2. The fourth-order valence-electron chi connectivity index (χ4n) is 4.19. The summed E-state index contributed by atoms with van der Waals surface area (Å²) < 4.78 is 200. The molecule has 0 N–H and O–H groups in total. The van der Waals surface area contributed by atoms with Crippen LogP contribution in [0.4, 0.5) is 52.7 Å². The molecule has 4 aromatic carbocycles. The van der Waals surface area contributed by atoms with Crippen molar-refractivity contribution in [3.05, 3.63) is 153 Å². The largest absolute Gasteiger partial charge is 0.227 e. The standard InChI is InChI=1S/C30H14F12O2S/c31-15-7-1-13(2-8-15)5-11-17(19-21(33)25(37)29(41)26(38)22(19)34)45(43,44)18(12-6-14-3-9-16(32)10-4-14)20-23(35)27(39)30(42)28(40)24(20)36/h1-12,17-18H. The summed E-state index contributed by atoms with van der Waals surface area (Å²) >= 11 is 0. The highest BCUT2D eigenvalue weighted by atomic mass is 32.2. The van der Waals surface area contributed by atoms with Crippen molar-refractivity contribution < 1.29 is 61.1 Å². The number of hydrogen-bond acceptors (Lipinski definition) is 2. The third-order valence-electron chi connectivity index (χ3n) is 6.43. The van der Waals surface area contributed by atoms with E-state index in [-0.39, 0.29) is 11.1 Å². The lowest BCUT2D eigenvalue weighted by molar-refractivity contribution is 0.369. The van der Waals surface area contributed by atoms with Crippen molar-refractivity contribution in [3.8, 4) is 0 Å². The van der Waals surface area contributed by atoms with E-state index in [1.165, 1.54) is 0 Å². The van der Waals surface area contributed by atoms with Crippen LogP contribution < -0.4 is 0 Å². The second kappa shape index (κ2) is 12.8. The quantitative estimate of drug-likeness (QED) is 0.107. The van der Waals surface area contributed by atoms with Crippen LogP contribution in [0.2, 0.25) is 0 Å². The Labute approximate surface area is 246 Å². The van der Waals surface area contributed by atoms with Gasteiger partial charge in [-0.3, -0.25) is 0 Å². The molecule has 15 heteroatoms. The van der Waals surface area contributed by atoms with Gasteiger partial charge in [-0.25, -0.2) is 61.1 Å². The summed E-state index contributed by atoms with van der Waals surface area (Å²) in [5, 5.41) is -6.13. The summed E-state index contributed by atoms with van der Waals surface area (Å²) in [6.45, 7) is 0. The van der Waals surface area contributed by atoms with Crippen LogP contribution in [0.1, 0.15) is 32.8 Å². The Hall–Kier alpha value is -4.53. The fraction of sp³-hybridized carbons (Fsp3) is 0.0667. The highest BCUT2D eigenvalue weighted by Crippen LogP contribution is 2.43. The minimum Gasteiger partial charge on any atom is -0.227 e. The highest BCUT2D eigenvalue weighted by Gasteiger charge is 2.43. The van der Waals surface area contributed by atoms with Gasteiger partial charge in [-0.1, -0.05) is 48.6 Å². The maximum atomic E-state index is 15.0. The molecule has 0 saturated heterocycles. The molecule has 0 radical (unpaired) electrons. The van der Waals surface area contributed by atoms with Crippen LogP contribution in [-0.2, 0) is 9.84 Å². The molecule has 236 valence electrons. The zero-order chi connectivity index (χ0) is 33.4. The van der Waals surface area contributed by atoms with Crippen molar-refractivity contribution in [3.63, 3.8) is 0 Å². The molecule has 0 aliphatic heterocycles. The molecule has 0 saturated carbocycles. The summed E-state index contributed by atoms with van der Waals surface area (Å²) in [6, 6.07) is 7.31. The zero-order valence-electron chi connectivity index (χ0n) is 21.8. The summed E-state index contributed by atoms with van der Waals surface area (Å²) in [4.78, 5) is 0. The first kappa shape index (κ1) is 33.4. The Bertz CT molecular complexity index is 1740. The molecule has 0 amide bonds. The van der Waals surface area contributed by atoms with Crippen LogP contribution in [0.25, 0.3) is 12.2 Å². The Morgan fingerprint density at radius 2 is 0.644 bits per heavy atom. The topological polar surface area (TPSA) is 34.1 Å². The Morgan fingerprint density at radius 1 is 0.400 bits per heavy atom. The number of benzene rings is 4. The molecule has 0 aromatic heterocycles. The normalized spacial score (nSPS) is 13.6. The Kier molecular flexibility index (Phi) is 9.51. The summed E-state index contributed by atoms with van der Waals surface area (Å²) in [5.74, 6) is -28.2. The average molecular weight is 666 g/mol. The molecule has 0 heterocycles. The van der Waals surface area contributed by atoms with E-state index in [2.05, 4.69) is 0 Å². The number of sulfone groups is 1. The predicted octanol–water partition coefficient (Wildman–Crippen LogP) is 8.98. The average Bonchev–Trinajstić information content (AvgIpc) is 3.01. The van der Waals surface area contributed by atoms with Gasteiger partial charge in [0.05, 0.1) is 11.1 Å². The lowest BCUT2D eigenvalue weighted by Gasteiger charge is -2.23. The second-order valence-corrected chi connectivity index (χ2v) is 11.4. The molecular formula is C30H14F12O2S. The molecule has 0 bridgehead atoms. The minimum atomic E-state index is -5.90. The smallest absolute Gasteiger partial charge is 0.200 e. The van der Waals surface area contributed by atoms with Gasteiger partial charge in [0.15, 0.2) is 56.4 Å². The molecule has 0 aliphatic carbocycles. The van der Waals surface area contributed by atoms with Crippen LogP contribution in [0, 0.1) is 69.8 Å². The van der Waals surface area contributed by atoms with Crippen molar-refractivity contribution in [2.45, 2.75) is 10.5 Å². The van der Waals surface area contributed by atoms with E-state index in [4.69, 9.17) is 0 Å². The van der Waals surface area contributed by atoms with E-state index in [1.54, 1.807) is 0 Å². The van der Waals surface area contributed by atoms with Crippen LogP contribution in [-0.4, -0.2) is 8.42 Å². The monoisotopic (exact) mass is 666 g/mol. The van der Waals surface area contributed by atoms with Crippen molar-refractivity contribution >= 4 is 22.0 Å². The van der Waals surface area contributed by atoms with Crippen molar-refractivity contribution in [2.24, 2.45) is 0 Å². The van der Waals surface area contributed by atoms with Gasteiger partial charge in [0.25, 0.3) is 0 Å². The summed E-state index contributed by atoms with van der Waals surface area (Å²) in [7, 11) is -5.90. The van der Waals surface area contributed by atoms with E-state index >= 15 is 17.6 Å². The number of rotatable bonds is 8. The highest BCUT2D eigenvalue weighted by molar-refractivity contribution is 7.92. The van der Waals surface area contributed by atoms with Gasteiger partial charge in [-0.15, -0.1) is 0 Å². The van der Waals surface area contributed by atoms with Crippen LogP contribution in [0.15, 0.2) is 60.7 Å². The van der Waals surface area contributed by atoms with E-state index < -0.39 is 101 Å². The molecule has 0 fully saturated rings. The summed E-state index contributed by atoms with van der Waals surface area (Å²) in [6.07, 6.45) is 2.04. The lowest BCUT2D eigenvalue weighted by Crippen LogP contribution is -2.25. The van der Waals surface area contributed by atoms with Crippen LogP contribution in [0.3, 0.4) is 0 Å². The summed E-state index contributed by atoms with van der Waals surface area (Å²) in [5.41, 5.74) is -4.35. The van der Waals surface area contributed by atoms with Gasteiger partial charge in [-0.05, 0) is 35.4 Å². The molecule has 0 spiro atoms. The van der Waals surface area contributed by atoms with Gasteiger partial charge in [0.2, 0.25) is 11.6 Å². The molecule has 45 heavy (non-hydrogen) atoms. The third kappa shape index (κ3) is 6.34. The Morgan fingerprint density at radius 3 is 0.911 bits per heavy atom.